The number of furan rings is 1. The third kappa shape index (κ3) is 3.63. The molecule has 2 aromatic carbocycles. The average Bonchev–Trinajstić information content (AvgIpc) is 3.45. The van der Waals surface area contributed by atoms with Crippen LogP contribution in [0.25, 0.3) is 17.4 Å². The van der Waals surface area contributed by atoms with E-state index in [0.717, 1.165) is 0 Å². The predicted molar refractivity (Wildman–Crippen MR) is 130 cm³/mol. The molecule has 2 aliphatic rings. The molecule has 0 radical (unpaired) electrons. The zero-order valence-electron chi connectivity index (χ0n) is 18.1. The molecule has 0 N–H and O–H groups in total. The Morgan fingerprint density at radius 3 is 2.32 bits per heavy atom. The lowest BCUT2D eigenvalue weighted by Crippen LogP contribution is -2.29. The molecule has 3 amide bonds. The van der Waals surface area contributed by atoms with Crippen LogP contribution in [-0.2, 0) is 4.79 Å². The first-order chi connectivity index (χ1) is 16.3. The normalized spacial score (nSPS) is 16.6. The van der Waals surface area contributed by atoms with E-state index in [9.17, 15) is 14.4 Å². The Morgan fingerprint density at radius 2 is 1.62 bits per heavy atom. The number of fused-ring (bicyclic) bond motifs is 1. The van der Waals surface area contributed by atoms with Crippen molar-refractivity contribution in [3.05, 3.63) is 81.0 Å². The number of carbonyl (C=O) groups excluding carboxylic acids is 3. The predicted octanol–water partition coefficient (Wildman–Crippen LogP) is 5.68. The first-order valence-electron chi connectivity index (χ1n) is 10.4. The van der Waals surface area contributed by atoms with Gasteiger partial charge in [-0.05, 0) is 62.4 Å². The standard InChI is InChI=1S/C25H17Cl2N3O4/c1-3-29-23(31)19-6-4-14(8-21(19)24(29)32)22-7-5-18(34-22)12-20-13(2)28-30(25(20)33)17-10-15(26)9-16(27)11-17/h4-12H,3H2,1-2H3/b20-12-. The van der Waals surface area contributed by atoms with Crippen molar-refractivity contribution in [1.29, 1.82) is 0 Å². The molecule has 3 aromatic rings. The van der Waals surface area contributed by atoms with Crippen molar-refractivity contribution in [3.63, 3.8) is 0 Å². The van der Waals surface area contributed by atoms with Crippen LogP contribution in [0.5, 0.6) is 0 Å². The summed E-state index contributed by atoms with van der Waals surface area (Å²) in [6.07, 6.45) is 1.61. The Labute approximate surface area is 204 Å². The Kier molecular flexibility index (Phi) is 5.38. The van der Waals surface area contributed by atoms with E-state index < -0.39 is 0 Å². The number of halogens is 2. The van der Waals surface area contributed by atoms with E-state index in [-0.39, 0.29) is 17.7 Å². The van der Waals surface area contributed by atoms with Gasteiger partial charge in [0, 0.05) is 22.2 Å². The van der Waals surface area contributed by atoms with Crippen molar-refractivity contribution in [3.8, 4) is 11.3 Å². The number of nitrogens with zero attached hydrogens (tertiary/aromatic N) is 3. The zero-order chi connectivity index (χ0) is 24.1. The third-order valence-electron chi connectivity index (χ3n) is 5.64. The van der Waals surface area contributed by atoms with Gasteiger partial charge in [-0.1, -0.05) is 29.3 Å². The van der Waals surface area contributed by atoms with E-state index in [0.29, 0.717) is 61.8 Å². The minimum Gasteiger partial charge on any atom is -0.457 e. The van der Waals surface area contributed by atoms with Gasteiger partial charge in [0.25, 0.3) is 17.7 Å². The molecule has 7 nitrogen and oxygen atoms in total. The Morgan fingerprint density at radius 1 is 0.912 bits per heavy atom. The minimum absolute atomic E-state index is 0.293. The van der Waals surface area contributed by atoms with Gasteiger partial charge in [0.05, 0.1) is 28.1 Å². The van der Waals surface area contributed by atoms with Gasteiger partial charge >= 0.3 is 0 Å². The fraction of sp³-hybridized carbons (Fsp3) is 0.120. The maximum atomic E-state index is 13.0. The van der Waals surface area contributed by atoms with Crippen molar-refractivity contribution >= 4 is 58.4 Å². The number of hydrazone groups is 1. The molecule has 2 aliphatic heterocycles. The van der Waals surface area contributed by atoms with Gasteiger partial charge in [0.15, 0.2) is 0 Å². The summed E-state index contributed by atoms with van der Waals surface area (Å²) < 4.78 is 5.93. The van der Waals surface area contributed by atoms with E-state index in [1.807, 2.05) is 0 Å². The SMILES string of the molecule is CCN1C(=O)c2ccc(-c3ccc(/C=C4\C(=O)N(c5cc(Cl)cc(Cl)c5)N=C4C)o3)cc2C1=O. The molecule has 3 heterocycles. The highest BCUT2D eigenvalue weighted by atomic mass is 35.5. The van der Waals surface area contributed by atoms with Crippen LogP contribution in [-0.4, -0.2) is 34.9 Å². The summed E-state index contributed by atoms with van der Waals surface area (Å²) >= 11 is 12.1. The van der Waals surface area contributed by atoms with Gasteiger partial charge in [-0.2, -0.15) is 10.1 Å². The second-order valence-corrected chi connectivity index (χ2v) is 8.68. The van der Waals surface area contributed by atoms with Gasteiger partial charge in [-0.25, -0.2) is 0 Å². The molecule has 0 fully saturated rings. The monoisotopic (exact) mass is 493 g/mol. The van der Waals surface area contributed by atoms with Crippen LogP contribution >= 0.6 is 23.2 Å². The molecule has 9 heteroatoms. The first-order valence-corrected chi connectivity index (χ1v) is 11.2. The second-order valence-electron chi connectivity index (χ2n) is 7.80. The van der Waals surface area contributed by atoms with Crippen molar-refractivity contribution in [2.24, 2.45) is 5.10 Å². The van der Waals surface area contributed by atoms with Crippen LogP contribution in [0.3, 0.4) is 0 Å². The number of rotatable bonds is 4. The molecule has 34 heavy (non-hydrogen) atoms. The number of anilines is 1. The van der Waals surface area contributed by atoms with Crippen LogP contribution in [0.15, 0.2) is 63.6 Å². The van der Waals surface area contributed by atoms with Crippen molar-refractivity contribution in [1.82, 2.24) is 4.90 Å². The Balaban J connectivity index is 1.43. The quantitative estimate of drug-likeness (QED) is 0.346. The van der Waals surface area contributed by atoms with Gasteiger partial charge < -0.3 is 4.42 Å². The molecular weight excluding hydrogens is 477 g/mol. The van der Waals surface area contributed by atoms with E-state index >= 15 is 0 Å². The van der Waals surface area contributed by atoms with Gasteiger partial charge in [0.2, 0.25) is 0 Å². The second kappa shape index (κ2) is 8.27. The molecule has 0 atom stereocenters. The van der Waals surface area contributed by atoms with Crippen molar-refractivity contribution in [2.75, 3.05) is 11.6 Å². The Bertz CT molecular complexity index is 1430. The van der Waals surface area contributed by atoms with E-state index in [2.05, 4.69) is 5.10 Å². The summed E-state index contributed by atoms with van der Waals surface area (Å²) in [5.41, 5.74) is 2.73. The summed E-state index contributed by atoms with van der Waals surface area (Å²) in [6, 6.07) is 13.3. The number of hydrogen-bond acceptors (Lipinski definition) is 5. The summed E-state index contributed by atoms with van der Waals surface area (Å²) in [6.45, 7) is 3.79. The molecule has 0 unspecified atom stereocenters. The summed E-state index contributed by atoms with van der Waals surface area (Å²) in [5, 5.41) is 6.37. The fourth-order valence-corrected chi connectivity index (χ4v) is 4.49. The van der Waals surface area contributed by atoms with Crippen LogP contribution < -0.4 is 5.01 Å². The molecule has 0 saturated heterocycles. The highest BCUT2D eigenvalue weighted by Gasteiger charge is 2.34. The molecular formula is C25H17Cl2N3O4. The van der Waals surface area contributed by atoms with Crippen molar-refractivity contribution in [2.45, 2.75) is 13.8 Å². The molecule has 0 saturated carbocycles. The number of carbonyl (C=O) groups is 3. The van der Waals surface area contributed by atoms with Crippen molar-refractivity contribution < 1.29 is 18.8 Å². The smallest absolute Gasteiger partial charge is 0.280 e. The minimum atomic E-state index is -0.338. The largest absolute Gasteiger partial charge is 0.457 e. The zero-order valence-corrected chi connectivity index (χ0v) is 19.6. The molecule has 1 aromatic heterocycles. The summed E-state index contributed by atoms with van der Waals surface area (Å²) in [7, 11) is 0. The summed E-state index contributed by atoms with van der Waals surface area (Å²) in [5.74, 6) is -0.00257. The lowest BCUT2D eigenvalue weighted by atomic mass is 10.0. The number of amides is 3. The maximum Gasteiger partial charge on any atom is 0.280 e. The van der Waals surface area contributed by atoms with Crippen LogP contribution in [0.2, 0.25) is 10.0 Å². The van der Waals surface area contributed by atoms with Crippen LogP contribution in [0.4, 0.5) is 5.69 Å². The highest BCUT2D eigenvalue weighted by molar-refractivity contribution is 6.36. The van der Waals surface area contributed by atoms with Crippen LogP contribution in [0.1, 0.15) is 40.3 Å². The fourth-order valence-electron chi connectivity index (χ4n) is 3.98. The molecule has 0 spiro atoms. The lowest BCUT2D eigenvalue weighted by Gasteiger charge is -2.12. The highest BCUT2D eigenvalue weighted by Crippen LogP contribution is 2.32. The number of hydrogen-bond donors (Lipinski definition) is 0. The number of benzene rings is 2. The van der Waals surface area contributed by atoms with Crippen LogP contribution in [0, 0.1) is 0 Å². The maximum absolute atomic E-state index is 13.0. The molecule has 170 valence electrons. The summed E-state index contributed by atoms with van der Waals surface area (Å²) in [4.78, 5) is 39.1. The first kappa shape index (κ1) is 22.1. The average molecular weight is 494 g/mol. The van der Waals surface area contributed by atoms with Gasteiger partial charge in [0.1, 0.15) is 11.5 Å². The third-order valence-corrected chi connectivity index (χ3v) is 6.08. The van der Waals surface area contributed by atoms with E-state index in [4.69, 9.17) is 27.6 Å². The van der Waals surface area contributed by atoms with Gasteiger partial charge in [-0.15, -0.1) is 0 Å². The van der Waals surface area contributed by atoms with Gasteiger partial charge in [-0.3, -0.25) is 19.3 Å². The lowest BCUT2D eigenvalue weighted by molar-refractivity contribution is -0.114. The molecule has 5 rings (SSSR count). The molecule has 0 bridgehead atoms. The number of imide groups is 1. The Hall–Kier alpha value is -3.68. The van der Waals surface area contributed by atoms with E-state index in [1.165, 1.54) is 9.91 Å². The molecule has 0 aliphatic carbocycles. The topological polar surface area (TPSA) is 83.2 Å². The van der Waals surface area contributed by atoms with E-state index in [1.54, 1.807) is 68.5 Å².